The van der Waals surface area contributed by atoms with Crippen molar-refractivity contribution >= 4 is 14.6 Å². The van der Waals surface area contributed by atoms with E-state index in [9.17, 15) is 9.90 Å². The number of hydrogen-bond acceptors (Lipinski definition) is 3. The standard InChI is InChI=1S/C16H32O3Si/c1-15(2,3)20(6,7)19-11-12-8-9-14(18)16(4,5)13(12)10-17/h10,12-14,18H,8-9,11H2,1-7H3/t12-,13-,14+/m1/s1. The van der Waals surface area contributed by atoms with E-state index in [0.717, 1.165) is 19.1 Å². The minimum atomic E-state index is -1.77. The van der Waals surface area contributed by atoms with Crippen LogP contribution in [0, 0.1) is 17.3 Å². The Kier molecular flexibility index (Phi) is 5.26. The van der Waals surface area contributed by atoms with Crippen molar-refractivity contribution in [1.82, 2.24) is 0 Å². The molecule has 0 aromatic heterocycles. The summed E-state index contributed by atoms with van der Waals surface area (Å²) in [5.74, 6) is 0.121. The summed E-state index contributed by atoms with van der Waals surface area (Å²) in [4.78, 5) is 11.5. The molecule has 0 spiro atoms. The van der Waals surface area contributed by atoms with Gasteiger partial charge in [0.05, 0.1) is 6.10 Å². The van der Waals surface area contributed by atoms with Crippen LogP contribution in [0.15, 0.2) is 0 Å². The summed E-state index contributed by atoms with van der Waals surface area (Å²) in [6.45, 7) is 15.8. The van der Waals surface area contributed by atoms with Crippen LogP contribution in [-0.4, -0.2) is 32.4 Å². The molecule has 0 aromatic carbocycles. The largest absolute Gasteiger partial charge is 0.417 e. The molecule has 3 atom stereocenters. The highest BCUT2D eigenvalue weighted by atomic mass is 28.4. The van der Waals surface area contributed by atoms with E-state index in [0.29, 0.717) is 6.61 Å². The molecule has 0 unspecified atom stereocenters. The number of carbonyl (C=O) groups excluding carboxylic acids is 1. The Morgan fingerprint density at radius 3 is 2.30 bits per heavy atom. The molecule has 3 nitrogen and oxygen atoms in total. The average molecular weight is 301 g/mol. The average Bonchev–Trinajstić information content (AvgIpc) is 2.29. The fraction of sp³-hybridized carbons (Fsp3) is 0.938. The molecule has 0 bridgehead atoms. The minimum Gasteiger partial charge on any atom is -0.417 e. The van der Waals surface area contributed by atoms with Gasteiger partial charge in [0.25, 0.3) is 0 Å². The zero-order valence-electron chi connectivity index (χ0n) is 14.2. The second kappa shape index (κ2) is 5.89. The fourth-order valence-electron chi connectivity index (χ4n) is 2.76. The van der Waals surface area contributed by atoms with Crippen LogP contribution in [-0.2, 0) is 9.22 Å². The lowest BCUT2D eigenvalue weighted by Gasteiger charge is -2.46. The zero-order valence-corrected chi connectivity index (χ0v) is 15.2. The zero-order chi connectivity index (χ0) is 15.8. The molecule has 0 aliphatic heterocycles. The highest BCUT2D eigenvalue weighted by Crippen LogP contribution is 2.44. The van der Waals surface area contributed by atoms with Crippen molar-refractivity contribution in [3.8, 4) is 0 Å². The Bertz CT molecular complexity index is 344. The fourth-order valence-corrected chi connectivity index (χ4v) is 3.82. The second-order valence-electron chi connectivity index (χ2n) is 8.41. The van der Waals surface area contributed by atoms with Crippen LogP contribution in [0.4, 0.5) is 0 Å². The van der Waals surface area contributed by atoms with Crippen molar-refractivity contribution in [3.63, 3.8) is 0 Å². The molecule has 1 aliphatic carbocycles. The summed E-state index contributed by atoms with van der Waals surface area (Å²) < 4.78 is 6.29. The van der Waals surface area contributed by atoms with E-state index in [1.807, 2.05) is 13.8 Å². The maximum atomic E-state index is 11.5. The molecule has 0 heterocycles. The monoisotopic (exact) mass is 300 g/mol. The van der Waals surface area contributed by atoms with Crippen molar-refractivity contribution in [2.24, 2.45) is 17.3 Å². The first kappa shape index (κ1) is 17.9. The maximum absolute atomic E-state index is 11.5. The van der Waals surface area contributed by atoms with Gasteiger partial charge in [0.1, 0.15) is 6.29 Å². The molecular formula is C16H32O3Si. The van der Waals surface area contributed by atoms with Gasteiger partial charge in [-0.2, -0.15) is 0 Å². The number of aliphatic hydroxyl groups is 1. The third-order valence-electron chi connectivity index (χ3n) is 5.65. The van der Waals surface area contributed by atoms with Crippen LogP contribution in [0.2, 0.25) is 18.1 Å². The first-order chi connectivity index (χ1) is 8.93. The van der Waals surface area contributed by atoms with Crippen molar-refractivity contribution in [2.75, 3.05) is 6.61 Å². The smallest absolute Gasteiger partial charge is 0.191 e. The van der Waals surface area contributed by atoms with Gasteiger partial charge in [-0.3, -0.25) is 0 Å². The van der Waals surface area contributed by atoms with E-state index >= 15 is 0 Å². The number of aliphatic hydroxyl groups excluding tert-OH is 1. The molecule has 4 heteroatoms. The molecule has 0 aromatic rings. The normalized spacial score (nSPS) is 31.1. The summed E-state index contributed by atoms with van der Waals surface area (Å²) in [6.07, 6.45) is 2.29. The van der Waals surface area contributed by atoms with Crippen LogP contribution in [0.5, 0.6) is 0 Å². The van der Waals surface area contributed by atoms with Crippen LogP contribution in [0.1, 0.15) is 47.5 Å². The van der Waals surface area contributed by atoms with Gasteiger partial charge in [0.15, 0.2) is 8.32 Å². The molecule has 0 amide bonds. The second-order valence-corrected chi connectivity index (χ2v) is 13.2. The first-order valence-corrected chi connectivity index (χ1v) is 10.6. The van der Waals surface area contributed by atoms with Gasteiger partial charge >= 0.3 is 0 Å². The van der Waals surface area contributed by atoms with E-state index in [-0.39, 0.29) is 28.4 Å². The third kappa shape index (κ3) is 3.52. The lowest BCUT2D eigenvalue weighted by molar-refractivity contribution is -0.127. The quantitative estimate of drug-likeness (QED) is 0.637. The molecule has 0 saturated heterocycles. The predicted molar refractivity (Wildman–Crippen MR) is 85.2 cm³/mol. The Morgan fingerprint density at radius 2 is 1.85 bits per heavy atom. The van der Waals surface area contributed by atoms with E-state index in [1.165, 1.54) is 0 Å². The summed E-state index contributed by atoms with van der Waals surface area (Å²) >= 11 is 0. The van der Waals surface area contributed by atoms with Crippen LogP contribution in [0.3, 0.4) is 0 Å². The summed E-state index contributed by atoms with van der Waals surface area (Å²) in [7, 11) is -1.77. The third-order valence-corrected chi connectivity index (χ3v) is 10.1. The number of rotatable bonds is 4. The summed E-state index contributed by atoms with van der Waals surface area (Å²) in [5.41, 5.74) is -0.346. The number of aldehydes is 1. The van der Waals surface area contributed by atoms with E-state index < -0.39 is 8.32 Å². The molecular weight excluding hydrogens is 268 g/mol. The van der Waals surface area contributed by atoms with Gasteiger partial charge in [-0.15, -0.1) is 0 Å². The molecule has 1 N–H and O–H groups in total. The highest BCUT2D eigenvalue weighted by molar-refractivity contribution is 6.74. The molecule has 1 saturated carbocycles. The summed E-state index contributed by atoms with van der Waals surface area (Å²) in [6, 6.07) is 0. The summed E-state index contributed by atoms with van der Waals surface area (Å²) in [5, 5.41) is 10.3. The van der Waals surface area contributed by atoms with Crippen LogP contribution < -0.4 is 0 Å². The van der Waals surface area contributed by atoms with Gasteiger partial charge < -0.3 is 14.3 Å². The van der Waals surface area contributed by atoms with E-state index in [2.05, 4.69) is 33.9 Å². The molecule has 118 valence electrons. The predicted octanol–water partition coefficient (Wildman–Crippen LogP) is 3.62. The van der Waals surface area contributed by atoms with E-state index in [1.54, 1.807) is 0 Å². The van der Waals surface area contributed by atoms with Crippen LogP contribution >= 0.6 is 0 Å². The molecule has 1 rings (SSSR count). The molecule has 1 aliphatic rings. The number of carbonyl (C=O) groups is 1. The van der Waals surface area contributed by atoms with Gasteiger partial charge in [-0.25, -0.2) is 0 Å². The molecule has 0 radical (unpaired) electrons. The topological polar surface area (TPSA) is 46.5 Å². The Morgan fingerprint density at radius 1 is 1.30 bits per heavy atom. The van der Waals surface area contributed by atoms with Crippen molar-refractivity contribution in [3.05, 3.63) is 0 Å². The van der Waals surface area contributed by atoms with Crippen LogP contribution in [0.25, 0.3) is 0 Å². The number of hydrogen-bond donors (Lipinski definition) is 1. The lowest BCUT2D eigenvalue weighted by atomic mass is 9.63. The van der Waals surface area contributed by atoms with Gasteiger partial charge in [0.2, 0.25) is 0 Å². The maximum Gasteiger partial charge on any atom is 0.191 e. The van der Waals surface area contributed by atoms with Crippen molar-refractivity contribution < 1.29 is 14.3 Å². The van der Waals surface area contributed by atoms with Crippen molar-refractivity contribution in [2.45, 2.75) is 71.7 Å². The molecule has 20 heavy (non-hydrogen) atoms. The lowest BCUT2D eigenvalue weighted by Crippen LogP contribution is -2.49. The van der Waals surface area contributed by atoms with E-state index in [4.69, 9.17) is 4.43 Å². The molecule has 1 fully saturated rings. The Hall–Kier alpha value is -0.193. The highest BCUT2D eigenvalue weighted by Gasteiger charge is 2.46. The minimum absolute atomic E-state index is 0.115. The Labute approximate surface area is 125 Å². The van der Waals surface area contributed by atoms with Crippen molar-refractivity contribution in [1.29, 1.82) is 0 Å². The SMILES string of the molecule is CC1(C)[C@H](C=O)[C@@H](CO[Si](C)(C)C(C)(C)C)CC[C@@H]1O. The Balaban J connectivity index is 2.75. The van der Waals surface area contributed by atoms with Gasteiger partial charge in [0, 0.05) is 17.9 Å². The first-order valence-electron chi connectivity index (χ1n) is 7.71. The van der Waals surface area contributed by atoms with Gasteiger partial charge in [-0.1, -0.05) is 34.6 Å². The van der Waals surface area contributed by atoms with Gasteiger partial charge in [-0.05, 0) is 36.9 Å².